The van der Waals surface area contributed by atoms with Gasteiger partial charge in [-0.1, -0.05) is 0 Å². The Morgan fingerprint density at radius 1 is 1.08 bits per heavy atom. The van der Waals surface area contributed by atoms with Gasteiger partial charge < -0.3 is 9.32 Å². The number of aromatic nitrogens is 2. The fraction of sp³-hybridized carbons (Fsp3) is 0.333. The van der Waals surface area contributed by atoms with Crippen molar-refractivity contribution in [3.8, 4) is 11.3 Å². The molecule has 3 heterocycles. The molecule has 1 saturated heterocycles. The average Bonchev–Trinajstić information content (AvgIpc) is 3.03. The summed E-state index contributed by atoms with van der Waals surface area (Å²) >= 11 is 0. The zero-order chi connectivity index (χ0) is 16.5. The van der Waals surface area contributed by atoms with Crippen LogP contribution >= 0.6 is 0 Å². The van der Waals surface area contributed by atoms with Gasteiger partial charge >= 0.3 is 0 Å². The molecule has 124 valence electrons. The minimum absolute atomic E-state index is 0.647. The quantitative estimate of drug-likeness (QED) is 0.800. The molecule has 1 aliphatic heterocycles. The van der Waals surface area contributed by atoms with E-state index in [1.807, 2.05) is 37.4 Å². The molecule has 2 aromatic heterocycles. The summed E-state index contributed by atoms with van der Waals surface area (Å²) in [6.45, 7) is 5.98. The van der Waals surface area contributed by atoms with Crippen LogP contribution in [-0.4, -0.2) is 53.1 Å². The number of hydrogen-bond acceptors (Lipinski definition) is 6. The molecule has 6 heteroatoms. The van der Waals surface area contributed by atoms with Crippen molar-refractivity contribution in [3.63, 3.8) is 0 Å². The monoisotopic (exact) mass is 323 g/mol. The van der Waals surface area contributed by atoms with Crippen LogP contribution in [-0.2, 0) is 0 Å². The van der Waals surface area contributed by atoms with E-state index in [-0.39, 0.29) is 0 Å². The summed E-state index contributed by atoms with van der Waals surface area (Å²) in [5.74, 6) is 2.43. The van der Waals surface area contributed by atoms with Crippen LogP contribution in [0.5, 0.6) is 0 Å². The summed E-state index contributed by atoms with van der Waals surface area (Å²) < 4.78 is 5.69. The van der Waals surface area contributed by atoms with Crippen LogP contribution in [0.4, 0.5) is 5.95 Å². The van der Waals surface area contributed by atoms with Gasteiger partial charge in [0.15, 0.2) is 0 Å². The first-order valence-corrected chi connectivity index (χ1v) is 8.21. The van der Waals surface area contributed by atoms with Gasteiger partial charge in [-0.25, -0.2) is 15.0 Å². The molecule has 0 bridgehead atoms. The largest absolute Gasteiger partial charge is 0.461 e. The van der Waals surface area contributed by atoms with Gasteiger partial charge in [0.05, 0.1) is 5.52 Å². The minimum atomic E-state index is 0.647. The van der Waals surface area contributed by atoms with Crippen LogP contribution in [0.2, 0.25) is 0 Å². The number of furan rings is 1. The molecule has 3 aromatic rings. The molecule has 0 radical (unpaired) electrons. The van der Waals surface area contributed by atoms with Gasteiger partial charge in [0, 0.05) is 43.3 Å². The fourth-order valence-corrected chi connectivity index (χ4v) is 2.89. The Hall–Kier alpha value is -2.44. The molecular formula is C18H21N5O. The summed E-state index contributed by atoms with van der Waals surface area (Å²) in [5, 5.41) is 3.17. The number of fused-ring (bicyclic) bond motifs is 1. The molecule has 24 heavy (non-hydrogen) atoms. The van der Waals surface area contributed by atoms with Gasteiger partial charge in [-0.2, -0.15) is 0 Å². The molecule has 4 rings (SSSR count). The third-order valence-corrected chi connectivity index (χ3v) is 4.37. The lowest BCUT2D eigenvalue weighted by Gasteiger charge is -2.32. The predicted molar refractivity (Wildman–Crippen MR) is 94.7 cm³/mol. The standard InChI is InChI=1S/C18H21N5O/c1-13-3-6-17(24-13)14-4-5-16-15(11-14)12-19-18(20-16)21-23-9-7-22(2)8-10-23/h3-6,11-12H,7-10H2,1-2H3,(H,19,20,21). The number of rotatable bonds is 3. The maximum Gasteiger partial charge on any atom is 0.238 e. The van der Waals surface area contributed by atoms with Gasteiger partial charge in [0.1, 0.15) is 11.5 Å². The van der Waals surface area contributed by atoms with E-state index in [2.05, 4.69) is 38.4 Å². The number of anilines is 1. The highest BCUT2D eigenvalue weighted by Gasteiger charge is 2.14. The number of benzene rings is 1. The maximum atomic E-state index is 5.69. The highest BCUT2D eigenvalue weighted by Crippen LogP contribution is 2.25. The van der Waals surface area contributed by atoms with E-state index in [0.717, 1.165) is 54.2 Å². The summed E-state index contributed by atoms with van der Waals surface area (Å²) in [6, 6.07) is 10.1. The van der Waals surface area contributed by atoms with Gasteiger partial charge in [0.25, 0.3) is 0 Å². The van der Waals surface area contributed by atoms with Crippen molar-refractivity contribution in [1.82, 2.24) is 19.9 Å². The van der Waals surface area contributed by atoms with Gasteiger partial charge in [-0.05, 0) is 44.3 Å². The van der Waals surface area contributed by atoms with E-state index < -0.39 is 0 Å². The second-order valence-corrected chi connectivity index (χ2v) is 6.28. The summed E-state index contributed by atoms with van der Waals surface area (Å²) in [4.78, 5) is 11.4. The summed E-state index contributed by atoms with van der Waals surface area (Å²) in [5.41, 5.74) is 5.27. The van der Waals surface area contributed by atoms with Crippen LogP contribution in [0.3, 0.4) is 0 Å². The number of aryl methyl sites for hydroxylation is 1. The average molecular weight is 323 g/mol. The molecule has 0 spiro atoms. The predicted octanol–water partition coefficient (Wildman–Crippen LogP) is 2.77. The normalized spacial score (nSPS) is 16.6. The summed E-state index contributed by atoms with van der Waals surface area (Å²) in [7, 11) is 2.14. The number of nitrogens with one attached hydrogen (secondary N) is 1. The first kappa shape index (κ1) is 15.1. The summed E-state index contributed by atoms with van der Waals surface area (Å²) in [6.07, 6.45) is 1.86. The third kappa shape index (κ3) is 3.11. The lowest BCUT2D eigenvalue weighted by atomic mass is 10.1. The van der Waals surface area contributed by atoms with E-state index in [0.29, 0.717) is 5.95 Å². The Balaban J connectivity index is 1.55. The van der Waals surface area contributed by atoms with E-state index in [1.54, 1.807) is 0 Å². The Labute approximate surface area is 141 Å². The first-order chi connectivity index (χ1) is 11.7. The van der Waals surface area contributed by atoms with Crippen molar-refractivity contribution in [2.75, 3.05) is 38.7 Å². The minimum Gasteiger partial charge on any atom is -0.461 e. The van der Waals surface area contributed by atoms with Crippen molar-refractivity contribution >= 4 is 16.9 Å². The highest BCUT2D eigenvalue weighted by molar-refractivity contribution is 5.83. The van der Waals surface area contributed by atoms with Crippen molar-refractivity contribution in [3.05, 3.63) is 42.3 Å². The van der Waals surface area contributed by atoms with Crippen LogP contribution in [0.1, 0.15) is 5.76 Å². The molecule has 1 aromatic carbocycles. The lowest BCUT2D eigenvalue weighted by Crippen LogP contribution is -2.47. The fourth-order valence-electron chi connectivity index (χ4n) is 2.89. The topological polar surface area (TPSA) is 57.4 Å². The molecular weight excluding hydrogens is 302 g/mol. The zero-order valence-corrected chi connectivity index (χ0v) is 14.0. The van der Waals surface area contributed by atoms with Crippen molar-refractivity contribution < 1.29 is 4.42 Å². The smallest absolute Gasteiger partial charge is 0.238 e. The highest BCUT2D eigenvalue weighted by atomic mass is 16.3. The number of nitrogens with zero attached hydrogens (tertiary/aromatic N) is 4. The molecule has 0 unspecified atom stereocenters. The van der Waals surface area contributed by atoms with E-state index in [4.69, 9.17) is 4.42 Å². The van der Waals surface area contributed by atoms with E-state index in [1.165, 1.54) is 0 Å². The first-order valence-electron chi connectivity index (χ1n) is 8.21. The van der Waals surface area contributed by atoms with E-state index >= 15 is 0 Å². The molecule has 0 saturated carbocycles. The molecule has 1 aliphatic rings. The zero-order valence-electron chi connectivity index (χ0n) is 14.0. The molecule has 1 fully saturated rings. The van der Waals surface area contributed by atoms with Crippen LogP contribution < -0.4 is 5.43 Å². The molecule has 0 aliphatic carbocycles. The van der Waals surface area contributed by atoms with Gasteiger partial charge in [0.2, 0.25) is 5.95 Å². The SMILES string of the molecule is Cc1ccc(-c2ccc3nc(NN4CCN(C)CC4)ncc3c2)o1. The number of piperazine rings is 1. The van der Waals surface area contributed by atoms with E-state index in [9.17, 15) is 0 Å². The van der Waals surface area contributed by atoms with Crippen LogP contribution in [0, 0.1) is 6.92 Å². The molecule has 0 atom stereocenters. The number of hydrazine groups is 1. The number of hydrogen-bond donors (Lipinski definition) is 1. The molecule has 6 nitrogen and oxygen atoms in total. The third-order valence-electron chi connectivity index (χ3n) is 4.37. The Morgan fingerprint density at radius 3 is 2.67 bits per heavy atom. The van der Waals surface area contributed by atoms with Crippen LogP contribution in [0.15, 0.2) is 40.9 Å². The lowest BCUT2D eigenvalue weighted by molar-refractivity contribution is 0.178. The Morgan fingerprint density at radius 2 is 1.92 bits per heavy atom. The second kappa shape index (κ2) is 6.22. The van der Waals surface area contributed by atoms with Crippen molar-refractivity contribution in [2.24, 2.45) is 0 Å². The van der Waals surface area contributed by atoms with Crippen molar-refractivity contribution in [1.29, 1.82) is 0 Å². The number of likely N-dealkylation sites (N-methyl/N-ethyl adjacent to an activating group) is 1. The van der Waals surface area contributed by atoms with Crippen molar-refractivity contribution in [2.45, 2.75) is 6.92 Å². The maximum absolute atomic E-state index is 5.69. The molecule has 1 N–H and O–H groups in total. The van der Waals surface area contributed by atoms with Gasteiger partial charge in [-0.15, -0.1) is 0 Å². The Bertz CT molecular complexity index is 851. The Kier molecular flexibility index (Phi) is 3.92. The van der Waals surface area contributed by atoms with Gasteiger partial charge in [-0.3, -0.25) is 5.43 Å². The molecule has 0 amide bonds. The second-order valence-electron chi connectivity index (χ2n) is 6.28. The van der Waals surface area contributed by atoms with Crippen LogP contribution in [0.25, 0.3) is 22.2 Å².